The van der Waals surface area contributed by atoms with Crippen LogP contribution in [0.5, 0.6) is 0 Å². The highest BCUT2D eigenvalue weighted by Gasteiger charge is 2.19. The molecular weight excluding hydrogens is 743 g/mol. The molecule has 0 saturated heterocycles. The first-order chi connectivity index (χ1) is 27.0. The van der Waals surface area contributed by atoms with Gasteiger partial charge in [0.2, 0.25) is 0 Å². The predicted octanol–water partition coefficient (Wildman–Crippen LogP) is 12.9. The zero-order valence-corrected chi connectivity index (χ0v) is 38.8. The maximum absolute atomic E-state index is 12.9. The summed E-state index contributed by atoms with van der Waals surface area (Å²) in [5, 5.41) is 9.36. The summed E-state index contributed by atoms with van der Waals surface area (Å²) < 4.78 is 12.1. The van der Waals surface area contributed by atoms with E-state index in [2.05, 4.69) is 25.7 Å². The number of hydrogen-bond donors (Lipinski definition) is 1. The molecule has 0 amide bonds. The van der Waals surface area contributed by atoms with Crippen molar-refractivity contribution < 1.29 is 24.2 Å². The molecule has 0 radical (unpaired) electrons. The van der Waals surface area contributed by atoms with Crippen LogP contribution in [0.15, 0.2) is 0 Å². The summed E-state index contributed by atoms with van der Waals surface area (Å²) in [5.74, 6) is 6.92. The highest BCUT2D eigenvalue weighted by Crippen LogP contribution is 2.28. The first-order valence-corrected chi connectivity index (χ1v) is 26.9. The second kappa shape index (κ2) is 40.7. The van der Waals surface area contributed by atoms with Crippen LogP contribution < -0.4 is 0 Å². The van der Waals surface area contributed by atoms with Crippen LogP contribution in [-0.2, 0) is 19.1 Å². The number of carbonyl (C=O) groups is 2. The summed E-state index contributed by atoms with van der Waals surface area (Å²) in [6, 6.07) is 0. The fourth-order valence-corrected chi connectivity index (χ4v) is 10.7. The molecule has 55 heavy (non-hydrogen) atoms. The fraction of sp³-hybridized carbons (Fsp3) is 0.957. The van der Waals surface area contributed by atoms with Crippen molar-refractivity contribution in [2.45, 2.75) is 213 Å². The third-order valence-corrected chi connectivity index (χ3v) is 14.5. The maximum atomic E-state index is 12.9. The molecule has 326 valence electrons. The summed E-state index contributed by atoms with van der Waals surface area (Å²) in [5.41, 5.74) is 0. The van der Waals surface area contributed by atoms with Crippen molar-refractivity contribution >= 4 is 47.2 Å². The topological polar surface area (TPSA) is 76.1 Å². The lowest BCUT2D eigenvalue weighted by Crippen LogP contribution is -2.28. The Balaban J connectivity index is 2.36. The van der Waals surface area contributed by atoms with Crippen LogP contribution >= 0.6 is 35.3 Å². The van der Waals surface area contributed by atoms with Gasteiger partial charge in [0.1, 0.15) is 12.2 Å². The Bertz CT molecular complexity index is 846. The first kappa shape index (κ1) is 52.9. The molecule has 0 aliphatic heterocycles. The largest absolute Gasteiger partial charge is 0.461 e. The van der Waals surface area contributed by atoms with E-state index in [1.54, 1.807) is 0 Å². The summed E-state index contributed by atoms with van der Waals surface area (Å²) in [6.45, 7) is 10.1. The quantitative estimate of drug-likeness (QED) is 0.0479. The van der Waals surface area contributed by atoms with Crippen LogP contribution in [0, 0.1) is 5.92 Å². The van der Waals surface area contributed by atoms with E-state index < -0.39 is 0 Å². The van der Waals surface area contributed by atoms with E-state index in [0.717, 1.165) is 99.3 Å². The number of carbonyl (C=O) groups excluding carboxylic acids is 2. The van der Waals surface area contributed by atoms with Gasteiger partial charge in [-0.25, -0.2) is 0 Å². The van der Waals surface area contributed by atoms with Gasteiger partial charge in [0.05, 0.1) is 0 Å². The molecule has 1 rings (SSSR count). The molecule has 1 N–H and O–H groups in total. The van der Waals surface area contributed by atoms with Crippen LogP contribution in [0.2, 0.25) is 0 Å². The Morgan fingerprint density at radius 2 is 1.05 bits per heavy atom. The number of aliphatic hydroxyl groups excluding tert-OH is 1. The molecule has 1 fully saturated rings. The molecule has 1 saturated carbocycles. The molecule has 0 bridgehead atoms. The summed E-state index contributed by atoms with van der Waals surface area (Å²) in [6.07, 6.45) is 32.3. The Kier molecular flexibility index (Phi) is 39.1. The van der Waals surface area contributed by atoms with E-state index in [-0.39, 0.29) is 30.8 Å². The number of aliphatic hydroxyl groups is 1. The van der Waals surface area contributed by atoms with Gasteiger partial charge in [0, 0.05) is 36.7 Å². The average molecular weight is 832 g/mol. The molecule has 0 spiro atoms. The van der Waals surface area contributed by atoms with E-state index in [9.17, 15) is 14.7 Å². The normalized spacial score (nSPS) is 14.7. The van der Waals surface area contributed by atoms with E-state index in [4.69, 9.17) is 9.47 Å². The summed E-state index contributed by atoms with van der Waals surface area (Å²) >= 11 is 5.87. The van der Waals surface area contributed by atoms with Crippen LogP contribution in [0.3, 0.4) is 0 Å². The smallest absolute Gasteiger partial charge is 0.306 e. The van der Waals surface area contributed by atoms with Crippen LogP contribution in [0.4, 0.5) is 0 Å². The van der Waals surface area contributed by atoms with Gasteiger partial charge in [-0.2, -0.15) is 35.3 Å². The van der Waals surface area contributed by atoms with Crippen molar-refractivity contribution in [3.63, 3.8) is 0 Å². The monoisotopic (exact) mass is 832 g/mol. The number of unbranched alkanes of at least 4 members (excludes halogenated alkanes) is 13. The van der Waals surface area contributed by atoms with E-state index in [0.29, 0.717) is 12.8 Å². The maximum Gasteiger partial charge on any atom is 0.306 e. The van der Waals surface area contributed by atoms with Gasteiger partial charge in [0.25, 0.3) is 0 Å². The second-order valence-corrected chi connectivity index (χ2v) is 19.7. The molecule has 0 heterocycles. The Labute approximate surface area is 354 Å². The molecule has 2 atom stereocenters. The second-order valence-electron chi connectivity index (χ2n) is 16.3. The molecule has 1 aliphatic rings. The molecule has 9 heteroatoms. The minimum absolute atomic E-state index is 0.0234. The van der Waals surface area contributed by atoms with E-state index in [1.807, 2.05) is 35.3 Å². The summed E-state index contributed by atoms with van der Waals surface area (Å²) in [4.78, 5) is 28.2. The lowest BCUT2D eigenvalue weighted by atomic mass is 9.86. The number of hydrogen-bond acceptors (Lipinski definition) is 9. The number of ether oxygens (including phenoxy) is 2. The van der Waals surface area contributed by atoms with Crippen molar-refractivity contribution in [2.24, 2.45) is 5.92 Å². The standard InChI is InChI=1S/C46H89NO5S3/c1-4-7-10-12-13-24-37-55-41-44(40-53-36-9-6-3)52-45(49)29-19-21-33-47(34-22-23-35-48)32-20-15-25-38-54-39-43(28-18-11-8-5-2)51-46(50)31-30-42-26-16-14-17-27-42/h42-44,48H,4-41H2,1-3H3. The van der Waals surface area contributed by atoms with E-state index in [1.165, 1.54) is 128 Å². The van der Waals surface area contributed by atoms with Crippen LogP contribution in [0.1, 0.15) is 201 Å². The number of thioether (sulfide) groups is 3. The minimum atomic E-state index is -0.0250. The third-order valence-electron chi connectivity index (χ3n) is 10.9. The van der Waals surface area contributed by atoms with Crippen molar-refractivity contribution in [2.75, 3.05) is 60.8 Å². The molecule has 6 nitrogen and oxygen atoms in total. The van der Waals surface area contributed by atoms with Crippen molar-refractivity contribution in [1.82, 2.24) is 4.90 Å². The van der Waals surface area contributed by atoms with Crippen LogP contribution in [-0.4, -0.2) is 94.9 Å². The van der Waals surface area contributed by atoms with Gasteiger partial charge in [-0.3, -0.25) is 9.59 Å². The molecular formula is C46H89NO5S3. The Hall–Kier alpha value is -0.0900. The molecule has 0 aromatic rings. The fourth-order valence-electron chi connectivity index (χ4n) is 7.36. The van der Waals surface area contributed by atoms with Gasteiger partial charge in [-0.05, 0) is 113 Å². The molecule has 1 aliphatic carbocycles. The van der Waals surface area contributed by atoms with Crippen molar-refractivity contribution in [1.29, 1.82) is 0 Å². The lowest BCUT2D eigenvalue weighted by Gasteiger charge is -2.23. The highest BCUT2D eigenvalue weighted by atomic mass is 32.2. The minimum Gasteiger partial charge on any atom is -0.461 e. The van der Waals surface area contributed by atoms with Crippen molar-refractivity contribution in [3.8, 4) is 0 Å². The Morgan fingerprint density at radius 3 is 1.69 bits per heavy atom. The SMILES string of the molecule is CCCCCCCCSCC(CSCCCC)OC(=O)CCCCN(CCCCO)CCCCCSCC(CCCCCC)OC(=O)CCC1CCCCC1. The zero-order valence-electron chi connectivity index (χ0n) is 36.4. The third kappa shape index (κ3) is 34.5. The number of rotatable bonds is 41. The zero-order chi connectivity index (χ0) is 39.9. The Morgan fingerprint density at radius 1 is 0.564 bits per heavy atom. The molecule has 0 aromatic heterocycles. The lowest BCUT2D eigenvalue weighted by molar-refractivity contribution is -0.149. The van der Waals surface area contributed by atoms with Crippen LogP contribution in [0.25, 0.3) is 0 Å². The van der Waals surface area contributed by atoms with Gasteiger partial charge in [0.15, 0.2) is 0 Å². The molecule has 0 aromatic carbocycles. The first-order valence-electron chi connectivity index (χ1n) is 23.5. The average Bonchev–Trinajstić information content (AvgIpc) is 3.19. The van der Waals surface area contributed by atoms with Gasteiger partial charge in [-0.1, -0.05) is 117 Å². The van der Waals surface area contributed by atoms with Crippen molar-refractivity contribution in [3.05, 3.63) is 0 Å². The number of nitrogens with zero attached hydrogens (tertiary/aromatic N) is 1. The number of esters is 2. The summed E-state index contributed by atoms with van der Waals surface area (Å²) in [7, 11) is 0. The van der Waals surface area contributed by atoms with E-state index >= 15 is 0 Å². The van der Waals surface area contributed by atoms with Gasteiger partial charge in [-0.15, -0.1) is 0 Å². The highest BCUT2D eigenvalue weighted by molar-refractivity contribution is 8.00. The predicted molar refractivity (Wildman–Crippen MR) is 245 cm³/mol. The molecule has 2 unspecified atom stereocenters. The van der Waals surface area contributed by atoms with Gasteiger partial charge < -0.3 is 19.5 Å². The van der Waals surface area contributed by atoms with Gasteiger partial charge >= 0.3 is 11.9 Å².